The Morgan fingerprint density at radius 3 is 2.80 bits per heavy atom. The topological polar surface area (TPSA) is 73.7 Å². The zero-order chi connectivity index (χ0) is 14.9. The predicted octanol–water partition coefficient (Wildman–Crippen LogP) is 1.17. The van der Waals surface area contributed by atoms with E-state index in [1.54, 1.807) is 31.2 Å². The molecular weight excluding hydrogens is 278 g/mol. The lowest BCUT2D eigenvalue weighted by Crippen LogP contribution is -2.34. The van der Waals surface area contributed by atoms with Gasteiger partial charge in [0.05, 0.1) is 12.2 Å². The van der Waals surface area contributed by atoms with E-state index >= 15 is 0 Å². The van der Waals surface area contributed by atoms with Crippen LogP contribution in [0.2, 0.25) is 0 Å². The molecule has 0 unspecified atom stereocenters. The zero-order valence-electron chi connectivity index (χ0n) is 11.9. The lowest BCUT2D eigenvalue weighted by Gasteiger charge is -2.19. The summed E-state index contributed by atoms with van der Waals surface area (Å²) in [7, 11) is 1.80. The standard InChI is InChI=1S/C13H19N3O3S/c1-13(2,11(18)19)9-8-20-12(14-9)16-6-4-5-15(3)10(17)7-16/h8H,4-7H2,1-3H3,(H,18,19). The van der Waals surface area contributed by atoms with Crippen LogP contribution in [0.15, 0.2) is 5.38 Å². The third-order valence-corrected chi connectivity index (χ3v) is 4.51. The molecule has 1 N–H and O–H groups in total. The van der Waals surface area contributed by atoms with Crippen LogP contribution in [0.1, 0.15) is 26.0 Å². The van der Waals surface area contributed by atoms with Crippen molar-refractivity contribution in [3.05, 3.63) is 11.1 Å². The van der Waals surface area contributed by atoms with Crippen molar-refractivity contribution < 1.29 is 14.7 Å². The first-order chi connectivity index (χ1) is 9.32. The number of aliphatic carboxylic acids is 1. The molecule has 1 aromatic rings. The summed E-state index contributed by atoms with van der Waals surface area (Å²) in [6.45, 7) is 5.08. The molecule has 110 valence electrons. The van der Waals surface area contributed by atoms with Gasteiger partial charge in [-0.25, -0.2) is 4.98 Å². The third kappa shape index (κ3) is 2.77. The van der Waals surface area contributed by atoms with Gasteiger partial charge < -0.3 is 14.9 Å². The Morgan fingerprint density at radius 1 is 1.45 bits per heavy atom. The third-order valence-electron chi connectivity index (χ3n) is 3.61. The highest BCUT2D eigenvalue weighted by molar-refractivity contribution is 7.13. The molecule has 0 aromatic carbocycles. The average Bonchev–Trinajstić information content (AvgIpc) is 2.81. The summed E-state index contributed by atoms with van der Waals surface area (Å²) in [5, 5.41) is 11.7. The number of carbonyl (C=O) groups excluding carboxylic acids is 1. The fourth-order valence-corrected chi connectivity index (χ4v) is 2.98. The number of carboxylic acid groups (broad SMARTS) is 1. The van der Waals surface area contributed by atoms with Gasteiger partial charge >= 0.3 is 5.97 Å². The van der Waals surface area contributed by atoms with Crippen molar-refractivity contribution in [3.63, 3.8) is 0 Å². The van der Waals surface area contributed by atoms with Gasteiger partial charge in [0.15, 0.2) is 5.13 Å². The molecule has 1 amide bonds. The Balaban J connectivity index is 2.20. The van der Waals surface area contributed by atoms with Crippen molar-refractivity contribution in [3.8, 4) is 0 Å². The Bertz CT molecular complexity index is 527. The summed E-state index contributed by atoms with van der Waals surface area (Å²) >= 11 is 1.39. The van der Waals surface area contributed by atoms with Crippen LogP contribution in [0, 0.1) is 0 Å². The molecule has 0 spiro atoms. The van der Waals surface area contributed by atoms with Crippen LogP contribution in [-0.4, -0.2) is 53.5 Å². The van der Waals surface area contributed by atoms with E-state index < -0.39 is 11.4 Å². The molecule has 1 aromatic heterocycles. The number of rotatable bonds is 3. The summed E-state index contributed by atoms with van der Waals surface area (Å²) in [4.78, 5) is 31.2. The molecule has 2 heterocycles. The number of likely N-dealkylation sites (N-methyl/N-ethyl adjacent to an activating group) is 1. The summed E-state index contributed by atoms with van der Waals surface area (Å²) in [6.07, 6.45) is 0.888. The Labute approximate surface area is 122 Å². The summed E-state index contributed by atoms with van der Waals surface area (Å²) in [5.74, 6) is -0.835. The minimum absolute atomic E-state index is 0.0664. The minimum Gasteiger partial charge on any atom is -0.481 e. The number of hydrogen-bond acceptors (Lipinski definition) is 5. The summed E-state index contributed by atoms with van der Waals surface area (Å²) in [5.41, 5.74) is -0.475. The van der Waals surface area contributed by atoms with Gasteiger partial charge in [-0.15, -0.1) is 11.3 Å². The second-order valence-electron chi connectivity index (χ2n) is 5.54. The predicted molar refractivity (Wildman–Crippen MR) is 77.2 cm³/mol. The maximum atomic E-state index is 11.9. The Hall–Kier alpha value is -1.63. The van der Waals surface area contributed by atoms with Crippen LogP contribution in [0.4, 0.5) is 5.13 Å². The van der Waals surface area contributed by atoms with Crippen molar-refractivity contribution in [2.24, 2.45) is 0 Å². The van der Waals surface area contributed by atoms with Crippen LogP contribution < -0.4 is 4.90 Å². The smallest absolute Gasteiger partial charge is 0.315 e. The van der Waals surface area contributed by atoms with Crippen LogP contribution in [0.3, 0.4) is 0 Å². The Morgan fingerprint density at radius 2 is 2.15 bits per heavy atom. The molecule has 1 saturated heterocycles. The second-order valence-corrected chi connectivity index (χ2v) is 6.37. The van der Waals surface area contributed by atoms with E-state index in [1.807, 2.05) is 4.90 Å². The molecule has 7 heteroatoms. The molecule has 20 heavy (non-hydrogen) atoms. The molecule has 0 aliphatic carbocycles. The Kier molecular flexibility index (Phi) is 3.99. The summed E-state index contributed by atoms with van der Waals surface area (Å²) < 4.78 is 0. The first-order valence-electron chi connectivity index (χ1n) is 6.50. The van der Waals surface area contributed by atoms with Gasteiger partial charge in [0, 0.05) is 25.5 Å². The molecule has 0 bridgehead atoms. The number of carbonyl (C=O) groups is 2. The largest absolute Gasteiger partial charge is 0.481 e. The van der Waals surface area contributed by atoms with Gasteiger partial charge in [-0.2, -0.15) is 0 Å². The molecular formula is C13H19N3O3S. The highest BCUT2D eigenvalue weighted by Gasteiger charge is 2.33. The SMILES string of the molecule is CN1CCCN(c2nc(C(C)(C)C(=O)O)cs2)CC1=O. The van der Waals surface area contributed by atoms with E-state index in [4.69, 9.17) is 0 Å². The van der Waals surface area contributed by atoms with Crippen molar-refractivity contribution in [1.82, 2.24) is 9.88 Å². The minimum atomic E-state index is -1.01. The molecule has 0 radical (unpaired) electrons. The summed E-state index contributed by atoms with van der Waals surface area (Å²) in [6, 6.07) is 0. The molecule has 0 atom stereocenters. The van der Waals surface area contributed by atoms with E-state index in [-0.39, 0.29) is 5.91 Å². The van der Waals surface area contributed by atoms with Gasteiger partial charge in [-0.1, -0.05) is 0 Å². The van der Waals surface area contributed by atoms with Crippen molar-refractivity contribution >= 4 is 28.3 Å². The van der Waals surface area contributed by atoms with Gasteiger partial charge in [-0.05, 0) is 20.3 Å². The highest BCUT2D eigenvalue weighted by atomic mass is 32.1. The fourth-order valence-electron chi connectivity index (χ4n) is 1.96. The normalized spacial score (nSPS) is 17.2. The zero-order valence-corrected chi connectivity index (χ0v) is 12.7. The molecule has 0 saturated carbocycles. The average molecular weight is 297 g/mol. The number of anilines is 1. The molecule has 1 aliphatic rings. The van der Waals surface area contributed by atoms with E-state index in [9.17, 15) is 14.7 Å². The highest BCUT2D eigenvalue weighted by Crippen LogP contribution is 2.29. The maximum Gasteiger partial charge on any atom is 0.315 e. The molecule has 1 fully saturated rings. The molecule has 2 rings (SSSR count). The first kappa shape index (κ1) is 14.8. The van der Waals surface area contributed by atoms with Gasteiger partial charge in [0.25, 0.3) is 0 Å². The van der Waals surface area contributed by atoms with Crippen molar-refractivity contribution in [2.75, 3.05) is 31.6 Å². The van der Waals surface area contributed by atoms with Crippen LogP contribution in [0.25, 0.3) is 0 Å². The number of carboxylic acids is 1. The van der Waals surface area contributed by atoms with E-state index in [0.29, 0.717) is 12.2 Å². The molecule has 6 nitrogen and oxygen atoms in total. The van der Waals surface area contributed by atoms with Crippen LogP contribution >= 0.6 is 11.3 Å². The second kappa shape index (κ2) is 5.40. The number of nitrogens with zero attached hydrogens (tertiary/aromatic N) is 3. The van der Waals surface area contributed by atoms with E-state index in [1.165, 1.54) is 11.3 Å². The van der Waals surface area contributed by atoms with E-state index in [2.05, 4.69) is 4.98 Å². The number of hydrogen-bond donors (Lipinski definition) is 1. The van der Waals surface area contributed by atoms with Gasteiger partial charge in [-0.3, -0.25) is 9.59 Å². The van der Waals surface area contributed by atoms with Gasteiger partial charge in [0.1, 0.15) is 5.41 Å². The van der Waals surface area contributed by atoms with E-state index in [0.717, 1.165) is 24.6 Å². The first-order valence-corrected chi connectivity index (χ1v) is 7.38. The number of amides is 1. The van der Waals surface area contributed by atoms with Crippen molar-refractivity contribution in [1.29, 1.82) is 0 Å². The maximum absolute atomic E-state index is 11.9. The lowest BCUT2D eigenvalue weighted by atomic mass is 9.90. The monoisotopic (exact) mass is 297 g/mol. The van der Waals surface area contributed by atoms with Crippen LogP contribution in [-0.2, 0) is 15.0 Å². The quantitative estimate of drug-likeness (QED) is 0.906. The number of aromatic nitrogens is 1. The van der Waals surface area contributed by atoms with Crippen molar-refractivity contribution in [2.45, 2.75) is 25.7 Å². The van der Waals surface area contributed by atoms with Gasteiger partial charge in [0.2, 0.25) is 5.91 Å². The van der Waals surface area contributed by atoms with Crippen LogP contribution in [0.5, 0.6) is 0 Å². The number of thiazole rings is 1. The molecule has 1 aliphatic heterocycles. The fraction of sp³-hybridized carbons (Fsp3) is 0.615. The lowest BCUT2D eigenvalue weighted by molar-refractivity contribution is -0.142.